The lowest BCUT2D eigenvalue weighted by molar-refractivity contribution is 0.254. The van der Waals surface area contributed by atoms with Crippen LogP contribution in [0.25, 0.3) is 0 Å². The van der Waals surface area contributed by atoms with E-state index >= 15 is 0 Å². The van der Waals surface area contributed by atoms with E-state index in [1.807, 2.05) is 4.90 Å². The summed E-state index contributed by atoms with van der Waals surface area (Å²) in [5.74, 6) is 0.607. The van der Waals surface area contributed by atoms with Gasteiger partial charge in [0.05, 0.1) is 24.4 Å². The van der Waals surface area contributed by atoms with Crippen LogP contribution in [0.3, 0.4) is 0 Å². The van der Waals surface area contributed by atoms with Crippen LogP contribution in [0.15, 0.2) is 12.3 Å². The Morgan fingerprint density at radius 2 is 2.35 bits per heavy atom. The summed E-state index contributed by atoms with van der Waals surface area (Å²) >= 11 is 0. The third-order valence-corrected chi connectivity index (χ3v) is 3.18. The number of anilines is 1. The predicted octanol–water partition coefficient (Wildman–Crippen LogP) is 1.09. The first kappa shape index (κ1) is 11.8. The van der Waals surface area contributed by atoms with E-state index in [0.717, 1.165) is 32.2 Å². The molecular weight excluding hydrogens is 216 g/mol. The summed E-state index contributed by atoms with van der Waals surface area (Å²) < 4.78 is 0. The van der Waals surface area contributed by atoms with Gasteiger partial charge in [-0.2, -0.15) is 10.4 Å². The second-order valence-corrected chi connectivity index (χ2v) is 4.26. The fourth-order valence-electron chi connectivity index (χ4n) is 2.27. The van der Waals surface area contributed by atoms with Gasteiger partial charge < -0.3 is 10.0 Å². The van der Waals surface area contributed by atoms with Crippen LogP contribution in [0.1, 0.15) is 31.2 Å². The molecule has 5 heteroatoms. The predicted molar refractivity (Wildman–Crippen MR) is 63.4 cm³/mol. The Morgan fingerprint density at radius 1 is 1.47 bits per heavy atom. The van der Waals surface area contributed by atoms with Gasteiger partial charge in [-0.25, -0.2) is 0 Å². The van der Waals surface area contributed by atoms with Crippen LogP contribution in [-0.4, -0.2) is 34.5 Å². The van der Waals surface area contributed by atoms with Gasteiger partial charge in [0.25, 0.3) is 0 Å². The zero-order valence-electron chi connectivity index (χ0n) is 9.71. The van der Waals surface area contributed by atoms with Crippen LogP contribution in [0.2, 0.25) is 0 Å². The van der Waals surface area contributed by atoms with Gasteiger partial charge in [0.15, 0.2) is 5.82 Å². The van der Waals surface area contributed by atoms with Crippen molar-refractivity contribution in [2.45, 2.75) is 31.7 Å². The quantitative estimate of drug-likeness (QED) is 0.826. The molecule has 1 aromatic heterocycles. The number of aliphatic hydroxyl groups is 1. The van der Waals surface area contributed by atoms with Gasteiger partial charge in [0, 0.05) is 6.54 Å². The molecule has 90 valence electrons. The second kappa shape index (κ2) is 5.60. The van der Waals surface area contributed by atoms with Crippen molar-refractivity contribution < 1.29 is 5.11 Å². The lowest BCUT2D eigenvalue weighted by Crippen LogP contribution is -2.38. The molecule has 2 heterocycles. The Balaban J connectivity index is 2.32. The van der Waals surface area contributed by atoms with E-state index in [1.165, 1.54) is 6.20 Å². The first-order chi connectivity index (χ1) is 8.36. The molecule has 0 spiro atoms. The highest BCUT2D eigenvalue weighted by atomic mass is 16.3. The molecule has 1 aromatic rings. The summed E-state index contributed by atoms with van der Waals surface area (Å²) in [5.41, 5.74) is 0.528. The fraction of sp³-hybridized carbons (Fsp3) is 0.583. The fourth-order valence-corrected chi connectivity index (χ4v) is 2.27. The first-order valence-electron chi connectivity index (χ1n) is 5.96. The lowest BCUT2D eigenvalue weighted by Gasteiger charge is -2.29. The Hall–Kier alpha value is -1.67. The van der Waals surface area contributed by atoms with Crippen LogP contribution in [0.5, 0.6) is 0 Å². The molecule has 0 aromatic carbocycles. The van der Waals surface area contributed by atoms with Gasteiger partial charge in [-0.3, -0.25) is 0 Å². The van der Waals surface area contributed by atoms with Crippen LogP contribution in [0.4, 0.5) is 5.82 Å². The first-order valence-corrected chi connectivity index (χ1v) is 5.96. The number of hydrogen-bond donors (Lipinski definition) is 1. The number of aliphatic hydroxyl groups excluding tert-OH is 1. The van der Waals surface area contributed by atoms with Gasteiger partial charge in [0.1, 0.15) is 6.07 Å². The van der Waals surface area contributed by atoms with Gasteiger partial charge in [0.2, 0.25) is 0 Å². The Kier molecular flexibility index (Phi) is 3.89. The van der Waals surface area contributed by atoms with E-state index < -0.39 is 0 Å². The van der Waals surface area contributed by atoms with Gasteiger partial charge in [-0.15, -0.1) is 5.10 Å². The average Bonchev–Trinajstić information content (AvgIpc) is 2.63. The van der Waals surface area contributed by atoms with Crippen molar-refractivity contribution in [1.82, 2.24) is 10.2 Å². The highest BCUT2D eigenvalue weighted by molar-refractivity contribution is 5.53. The van der Waals surface area contributed by atoms with E-state index in [2.05, 4.69) is 16.3 Å². The van der Waals surface area contributed by atoms with Gasteiger partial charge >= 0.3 is 0 Å². The number of nitrogens with zero attached hydrogens (tertiary/aromatic N) is 4. The second-order valence-electron chi connectivity index (χ2n) is 4.26. The zero-order valence-corrected chi connectivity index (χ0v) is 9.71. The van der Waals surface area contributed by atoms with Crippen LogP contribution in [0, 0.1) is 11.3 Å². The van der Waals surface area contributed by atoms with Gasteiger partial charge in [-0.1, -0.05) is 12.8 Å². The number of aromatic nitrogens is 2. The van der Waals surface area contributed by atoms with E-state index in [9.17, 15) is 5.11 Å². The molecule has 0 aliphatic carbocycles. The Bertz CT molecular complexity index is 415. The molecule has 5 nitrogen and oxygen atoms in total. The van der Waals surface area contributed by atoms with Crippen molar-refractivity contribution in [1.29, 1.82) is 5.26 Å². The Labute approximate surface area is 101 Å². The molecule has 1 N–H and O–H groups in total. The minimum atomic E-state index is 0.0568. The molecule has 0 bridgehead atoms. The standard InChI is InChI=1S/C12H16N4O/c13-8-10-5-6-14-15-12(10)16-7-3-1-2-4-11(16)9-17/h5-6,11,17H,1-4,7,9H2. The summed E-state index contributed by atoms with van der Waals surface area (Å²) in [4.78, 5) is 2.03. The van der Waals surface area contributed by atoms with E-state index in [4.69, 9.17) is 5.26 Å². The maximum Gasteiger partial charge on any atom is 0.169 e. The summed E-state index contributed by atoms with van der Waals surface area (Å²) in [7, 11) is 0. The summed E-state index contributed by atoms with van der Waals surface area (Å²) in [5, 5.41) is 26.4. The molecule has 0 radical (unpaired) electrons. The van der Waals surface area contributed by atoms with E-state index in [-0.39, 0.29) is 12.6 Å². The van der Waals surface area contributed by atoms with E-state index in [0.29, 0.717) is 11.4 Å². The van der Waals surface area contributed by atoms with Gasteiger partial charge in [-0.05, 0) is 18.9 Å². The number of hydrogen-bond acceptors (Lipinski definition) is 5. The zero-order chi connectivity index (χ0) is 12.1. The Morgan fingerprint density at radius 3 is 3.12 bits per heavy atom. The topological polar surface area (TPSA) is 73.0 Å². The number of rotatable bonds is 2. The molecule has 17 heavy (non-hydrogen) atoms. The molecule has 1 saturated heterocycles. The summed E-state index contributed by atoms with van der Waals surface area (Å²) in [6, 6.07) is 3.86. The monoisotopic (exact) mass is 232 g/mol. The molecule has 1 aliphatic heterocycles. The molecule has 1 unspecified atom stereocenters. The third kappa shape index (κ3) is 2.53. The lowest BCUT2D eigenvalue weighted by atomic mass is 10.1. The van der Waals surface area contributed by atoms with Crippen molar-refractivity contribution in [2.75, 3.05) is 18.1 Å². The summed E-state index contributed by atoms with van der Waals surface area (Å²) in [6.07, 6.45) is 5.81. The third-order valence-electron chi connectivity index (χ3n) is 3.18. The minimum absolute atomic E-state index is 0.0568. The van der Waals surface area contributed by atoms with Crippen LogP contribution >= 0.6 is 0 Å². The molecular formula is C12H16N4O. The van der Waals surface area contributed by atoms with Crippen LogP contribution < -0.4 is 4.90 Å². The molecule has 1 aliphatic rings. The normalized spacial score (nSPS) is 20.7. The maximum absolute atomic E-state index is 9.44. The smallest absolute Gasteiger partial charge is 0.169 e. The molecule has 0 saturated carbocycles. The van der Waals surface area contributed by atoms with E-state index in [1.54, 1.807) is 6.07 Å². The van der Waals surface area contributed by atoms with Crippen molar-refractivity contribution in [3.05, 3.63) is 17.8 Å². The number of nitriles is 1. The van der Waals surface area contributed by atoms with Crippen molar-refractivity contribution in [3.63, 3.8) is 0 Å². The highest BCUT2D eigenvalue weighted by Crippen LogP contribution is 2.24. The summed E-state index contributed by atoms with van der Waals surface area (Å²) in [6.45, 7) is 0.931. The molecule has 1 fully saturated rings. The SMILES string of the molecule is N#Cc1ccnnc1N1CCCCCC1CO. The average molecular weight is 232 g/mol. The molecule has 1 atom stereocenters. The molecule has 2 rings (SSSR count). The van der Waals surface area contributed by atoms with Crippen LogP contribution in [-0.2, 0) is 0 Å². The highest BCUT2D eigenvalue weighted by Gasteiger charge is 2.23. The maximum atomic E-state index is 9.44. The largest absolute Gasteiger partial charge is 0.394 e. The van der Waals surface area contributed by atoms with Crippen molar-refractivity contribution >= 4 is 5.82 Å². The van der Waals surface area contributed by atoms with Crippen molar-refractivity contribution in [3.8, 4) is 6.07 Å². The van der Waals surface area contributed by atoms with Crippen molar-refractivity contribution in [2.24, 2.45) is 0 Å². The molecule has 0 amide bonds. The minimum Gasteiger partial charge on any atom is -0.394 e.